The summed E-state index contributed by atoms with van der Waals surface area (Å²) in [4.78, 5) is 43.2. The predicted molar refractivity (Wildman–Crippen MR) is 147 cm³/mol. The number of amides is 1. The van der Waals surface area contributed by atoms with Crippen molar-refractivity contribution in [1.82, 2.24) is 19.5 Å². The van der Waals surface area contributed by atoms with Gasteiger partial charge in [-0.3, -0.25) is 18.5 Å². The third-order valence-corrected chi connectivity index (χ3v) is 11.2. The second-order valence-electron chi connectivity index (χ2n) is 10.3. The number of aliphatic hydroxyl groups is 4. The Labute approximate surface area is 256 Å². The van der Waals surface area contributed by atoms with Crippen LogP contribution in [0.3, 0.4) is 0 Å². The highest BCUT2D eigenvalue weighted by Gasteiger charge is 2.67. The number of alkyl halides is 2. The van der Waals surface area contributed by atoms with Gasteiger partial charge in [0, 0.05) is 5.56 Å². The van der Waals surface area contributed by atoms with Crippen molar-refractivity contribution >= 4 is 38.1 Å². The number of hydrogen-bond acceptors (Lipinski definition) is 15. The van der Waals surface area contributed by atoms with Crippen LogP contribution >= 0.6 is 15.2 Å². The number of benzene rings is 1. The van der Waals surface area contributed by atoms with E-state index in [0.29, 0.717) is 0 Å². The van der Waals surface area contributed by atoms with Crippen LogP contribution in [0.1, 0.15) is 28.3 Å². The first-order valence-corrected chi connectivity index (χ1v) is 16.3. The molecule has 19 nitrogen and oxygen atoms in total. The maximum absolute atomic E-state index is 15.0. The standard InChI is InChI=1S/C23H28F2N6O13P2/c24-23(25,45(37,38)41-5-11-14(32)16(34)18(43-11)9-2-1-3-10(4-9)20(27)36)46(39,40)42-6-12-15(33)17(35)22(44-12)31-8-30-13-19(26)28-7-29-21(13)31/h1-4,7-8,11-12,14-18,22,32-35H,5-6H2,(H2,27,36)(H,37,38)(H,39,40)(H2,26,28,29). The Hall–Kier alpha value is -3.04. The van der Waals surface area contributed by atoms with Crippen LogP contribution in [0.4, 0.5) is 14.6 Å². The smallest absolute Gasteiger partial charge is 0.387 e. The van der Waals surface area contributed by atoms with Gasteiger partial charge < -0.3 is 60.2 Å². The molecule has 10 atom stereocenters. The highest BCUT2D eigenvalue weighted by molar-refractivity contribution is 7.72. The van der Waals surface area contributed by atoms with E-state index in [-0.39, 0.29) is 28.1 Å². The molecule has 10 N–H and O–H groups in total. The first kappa shape index (κ1) is 34.3. The predicted octanol–water partition coefficient (Wildman–Crippen LogP) is -1.06. The minimum atomic E-state index is -6.40. The number of carbonyl (C=O) groups excluding carboxylic acids is 1. The van der Waals surface area contributed by atoms with E-state index in [1.54, 1.807) is 0 Å². The zero-order valence-corrected chi connectivity index (χ0v) is 24.9. The number of nitrogens with two attached hydrogens (primary N) is 2. The fourth-order valence-electron chi connectivity index (χ4n) is 4.85. The van der Waals surface area contributed by atoms with Crippen molar-refractivity contribution in [3.8, 4) is 0 Å². The maximum atomic E-state index is 15.0. The van der Waals surface area contributed by atoms with Gasteiger partial charge in [-0.05, 0) is 17.7 Å². The van der Waals surface area contributed by atoms with Gasteiger partial charge in [-0.1, -0.05) is 12.1 Å². The van der Waals surface area contributed by atoms with E-state index in [1.807, 2.05) is 0 Å². The molecule has 2 aromatic heterocycles. The number of halogens is 2. The van der Waals surface area contributed by atoms with Crippen LogP contribution < -0.4 is 11.5 Å². The number of aliphatic hydroxyl groups excluding tert-OH is 4. The molecule has 2 aliphatic heterocycles. The molecule has 0 spiro atoms. The number of anilines is 1. The van der Waals surface area contributed by atoms with E-state index >= 15 is 0 Å². The summed E-state index contributed by atoms with van der Waals surface area (Å²) in [5.41, 5.74) is 11.3. The lowest BCUT2D eigenvalue weighted by Gasteiger charge is -2.27. The van der Waals surface area contributed by atoms with Gasteiger partial charge >= 0.3 is 20.6 Å². The number of aromatic nitrogens is 4. The molecule has 0 bridgehead atoms. The Morgan fingerprint density at radius 1 is 0.957 bits per heavy atom. The Bertz CT molecular complexity index is 1720. The molecule has 0 saturated carbocycles. The molecule has 10 unspecified atom stereocenters. The van der Waals surface area contributed by atoms with E-state index in [1.165, 1.54) is 24.3 Å². The first-order valence-electron chi connectivity index (χ1n) is 13.2. The number of nitrogen functional groups attached to an aromatic ring is 1. The second kappa shape index (κ2) is 12.5. The van der Waals surface area contributed by atoms with Gasteiger partial charge in [0.25, 0.3) is 0 Å². The van der Waals surface area contributed by atoms with E-state index in [0.717, 1.165) is 17.2 Å². The molecule has 0 radical (unpaired) electrons. The third kappa shape index (κ3) is 6.05. The van der Waals surface area contributed by atoms with E-state index in [9.17, 15) is 52.9 Å². The molecule has 2 aliphatic rings. The average Bonchev–Trinajstić information content (AvgIpc) is 3.65. The average molecular weight is 696 g/mol. The Kier molecular flexibility index (Phi) is 9.34. The van der Waals surface area contributed by atoms with Crippen LogP contribution in [-0.4, -0.2) is 111 Å². The van der Waals surface area contributed by atoms with Crippen LogP contribution in [0, 0.1) is 0 Å². The summed E-state index contributed by atoms with van der Waals surface area (Å²) >= 11 is 0. The molecule has 1 amide bonds. The summed E-state index contributed by atoms with van der Waals surface area (Å²) in [6.45, 7) is -2.54. The van der Waals surface area contributed by atoms with Gasteiger partial charge in [0.15, 0.2) is 17.7 Å². The summed E-state index contributed by atoms with van der Waals surface area (Å²) in [5, 5.41) is 36.1. The van der Waals surface area contributed by atoms with Crippen molar-refractivity contribution in [1.29, 1.82) is 0 Å². The second-order valence-corrected chi connectivity index (χ2v) is 14.4. The number of hydrogen-bond donors (Lipinski definition) is 8. The molecule has 1 aromatic carbocycles. The topological polar surface area (TPSA) is 305 Å². The fraction of sp³-hybridized carbons (Fsp3) is 0.478. The number of primary amides is 1. The molecule has 0 aliphatic carbocycles. The molecule has 2 saturated heterocycles. The van der Waals surface area contributed by atoms with Crippen molar-refractivity contribution < 1.29 is 71.4 Å². The highest BCUT2D eigenvalue weighted by Crippen LogP contribution is 2.75. The highest BCUT2D eigenvalue weighted by atomic mass is 31.2. The van der Waals surface area contributed by atoms with Crippen molar-refractivity contribution in [2.75, 3.05) is 18.9 Å². The number of carbonyl (C=O) groups is 1. The van der Waals surface area contributed by atoms with Gasteiger partial charge in [0.2, 0.25) is 5.91 Å². The largest absolute Gasteiger partial charge is 0.443 e. The zero-order chi connectivity index (χ0) is 33.8. The van der Waals surface area contributed by atoms with Crippen LogP contribution in [0.2, 0.25) is 0 Å². The van der Waals surface area contributed by atoms with Crippen LogP contribution in [-0.2, 0) is 27.7 Å². The first-order chi connectivity index (χ1) is 21.5. The minimum Gasteiger partial charge on any atom is -0.387 e. The summed E-state index contributed by atoms with van der Waals surface area (Å²) in [7, 11) is -12.8. The third-order valence-electron chi connectivity index (χ3n) is 7.37. The quantitative estimate of drug-likeness (QED) is 0.111. The van der Waals surface area contributed by atoms with Crippen LogP contribution in [0.5, 0.6) is 0 Å². The monoisotopic (exact) mass is 696 g/mol. The van der Waals surface area contributed by atoms with Crippen molar-refractivity contribution in [3.05, 3.63) is 48.0 Å². The lowest BCUT2D eigenvalue weighted by Crippen LogP contribution is -2.35. The molecular weight excluding hydrogens is 668 g/mol. The molecule has 2 fully saturated rings. The maximum Gasteiger partial charge on any atom is 0.443 e. The number of fused-ring (bicyclic) bond motifs is 1. The van der Waals surface area contributed by atoms with Gasteiger partial charge in [0.1, 0.15) is 54.6 Å². The van der Waals surface area contributed by atoms with Gasteiger partial charge in [-0.2, -0.15) is 8.78 Å². The molecule has 5 rings (SSSR count). The SMILES string of the molecule is NC(=O)c1cccc(C2OC(COP(=O)(O)C(F)(F)P(=O)(O)OCC3OC(n4cnc5c(N)ncnc54)C(O)C3O)C(O)C2O)c1. The lowest BCUT2D eigenvalue weighted by atomic mass is 10.00. The van der Waals surface area contributed by atoms with Gasteiger partial charge in [-0.25, -0.2) is 15.0 Å². The molecule has 23 heteroatoms. The Morgan fingerprint density at radius 3 is 2.20 bits per heavy atom. The van der Waals surface area contributed by atoms with E-state index < -0.39 is 88.7 Å². The van der Waals surface area contributed by atoms with Crippen LogP contribution in [0.25, 0.3) is 11.2 Å². The number of imidazole rings is 1. The Morgan fingerprint density at radius 2 is 1.57 bits per heavy atom. The molecule has 4 heterocycles. The van der Waals surface area contributed by atoms with Crippen molar-refractivity contribution in [2.45, 2.75) is 54.4 Å². The van der Waals surface area contributed by atoms with Crippen molar-refractivity contribution in [3.63, 3.8) is 0 Å². The summed E-state index contributed by atoms with van der Waals surface area (Å²) in [6.07, 6.45) is -11.1. The van der Waals surface area contributed by atoms with Crippen molar-refractivity contribution in [2.24, 2.45) is 5.73 Å². The zero-order valence-electron chi connectivity index (χ0n) is 23.1. The van der Waals surface area contributed by atoms with E-state index in [2.05, 4.69) is 24.0 Å². The number of rotatable bonds is 11. The molecule has 46 heavy (non-hydrogen) atoms. The normalized spacial score (nSPS) is 31.1. The summed E-state index contributed by atoms with van der Waals surface area (Å²) in [6, 6.07) is 5.39. The lowest BCUT2D eigenvalue weighted by molar-refractivity contribution is -0.0513. The van der Waals surface area contributed by atoms with Crippen LogP contribution in [0.15, 0.2) is 36.9 Å². The fourth-order valence-corrected chi connectivity index (χ4v) is 7.48. The molecular formula is C23H28F2N6O13P2. The molecule has 3 aromatic rings. The number of nitrogens with zero attached hydrogens (tertiary/aromatic N) is 4. The van der Waals surface area contributed by atoms with Gasteiger partial charge in [0.05, 0.1) is 19.5 Å². The minimum absolute atomic E-state index is 0.0178. The summed E-state index contributed by atoms with van der Waals surface area (Å²) < 4.78 is 75.8. The number of ether oxygens (including phenoxy) is 2. The Balaban J connectivity index is 1.22. The van der Waals surface area contributed by atoms with E-state index in [4.69, 9.17) is 20.9 Å². The van der Waals surface area contributed by atoms with Gasteiger partial charge in [-0.15, -0.1) is 0 Å². The summed E-state index contributed by atoms with van der Waals surface area (Å²) in [5.74, 6) is -0.831. The molecule has 252 valence electrons.